The van der Waals surface area contributed by atoms with Gasteiger partial charge in [-0.1, -0.05) is 0 Å². The Morgan fingerprint density at radius 2 is 1.89 bits per heavy atom. The molecule has 1 aliphatic rings. The topological polar surface area (TPSA) is 69.6 Å². The van der Waals surface area contributed by atoms with Gasteiger partial charge >= 0.3 is 12.1 Å². The highest BCUT2D eigenvalue weighted by Gasteiger charge is 2.46. The van der Waals surface area contributed by atoms with E-state index in [1.807, 2.05) is 0 Å². The maximum absolute atomic E-state index is 12.5. The molecule has 0 aromatic carbocycles. The number of hydrogen-bond acceptors (Lipinski definition) is 3. The van der Waals surface area contributed by atoms with Gasteiger partial charge in [-0.2, -0.15) is 13.2 Å². The van der Waals surface area contributed by atoms with Gasteiger partial charge in [-0.25, -0.2) is 0 Å². The Kier molecular flexibility index (Phi) is 5.16. The minimum Gasteiger partial charge on any atom is -0.481 e. The summed E-state index contributed by atoms with van der Waals surface area (Å²) in [5.41, 5.74) is 0. The average Bonchev–Trinajstić information content (AvgIpc) is 2.25. The number of rotatable bonds is 4. The van der Waals surface area contributed by atoms with E-state index in [0.29, 0.717) is 25.9 Å². The van der Waals surface area contributed by atoms with Gasteiger partial charge in [0, 0.05) is 32.6 Å². The Balaban J connectivity index is 2.47. The number of nitrogens with zero attached hydrogens (tertiary/aromatic N) is 1. The molecule has 0 aliphatic carbocycles. The number of piperidine rings is 1. The zero-order chi connectivity index (χ0) is 14.6. The van der Waals surface area contributed by atoms with Crippen molar-refractivity contribution in [1.82, 2.24) is 10.2 Å². The third-order valence-electron chi connectivity index (χ3n) is 3.13. The van der Waals surface area contributed by atoms with Gasteiger partial charge in [0.15, 0.2) is 5.92 Å². The molecule has 1 saturated heterocycles. The van der Waals surface area contributed by atoms with Crippen molar-refractivity contribution in [3.05, 3.63) is 0 Å². The average molecular weight is 282 g/mol. The summed E-state index contributed by atoms with van der Waals surface area (Å²) >= 11 is 0. The van der Waals surface area contributed by atoms with Gasteiger partial charge in [-0.05, 0) is 12.8 Å². The van der Waals surface area contributed by atoms with Gasteiger partial charge in [0.1, 0.15) is 0 Å². The van der Waals surface area contributed by atoms with Crippen LogP contribution in [-0.4, -0.2) is 53.7 Å². The van der Waals surface area contributed by atoms with Crippen LogP contribution in [0, 0.1) is 5.92 Å². The van der Waals surface area contributed by atoms with E-state index in [2.05, 4.69) is 5.32 Å². The summed E-state index contributed by atoms with van der Waals surface area (Å²) in [7, 11) is 0. The van der Waals surface area contributed by atoms with Crippen molar-refractivity contribution in [2.75, 3.05) is 19.6 Å². The first-order valence-electron chi connectivity index (χ1n) is 5.99. The van der Waals surface area contributed by atoms with Gasteiger partial charge < -0.3 is 15.3 Å². The summed E-state index contributed by atoms with van der Waals surface area (Å²) in [6.07, 6.45) is -3.67. The summed E-state index contributed by atoms with van der Waals surface area (Å²) in [6.45, 7) is 1.55. The monoisotopic (exact) mass is 282 g/mol. The van der Waals surface area contributed by atoms with Crippen LogP contribution in [0.4, 0.5) is 13.2 Å². The molecule has 1 atom stereocenters. The summed E-state index contributed by atoms with van der Waals surface area (Å²) in [4.78, 5) is 22.9. The van der Waals surface area contributed by atoms with Crippen LogP contribution in [0.1, 0.15) is 19.8 Å². The number of carbonyl (C=O) groups excluding carboxylic acids is 1. The van der Waals surface area contributed by atoms with Crippen molar-refractivity contribution in [3.8, 4) is 0 Å². The highest BCUT2D eigenvalue weighted by molar-refractivity contribution is 5.73. The molecule has 0 aromatic heterocycles. The molecule has 1 amide bonds. The van der Waals surface area contributed by atoms with Gasteiger partial charge in [-0.3, -0.25) is 9.59 Å². The number of aliphatic carboxylic acids is 1. The van der Waals surface area contributed by atoms with Crippen LogP contribution in [0.15, 0.2) is 0 Å². The van der Waals surface area contributed by atoms with Gasteiger partial charge in [-0.15, -0.1) is 0 Å². The van der Waals surface area contributed by atoms with E-state index < -0.39 is 24.6 Å². The van der Waals surface area contributed by atoms with Gasteiger partial charge in [0.05, 0.1) is 0 Å². The lowest BCUT2D eigenvalue weighted by Crippen LogP contribution is -2.48. The first-order valence-corrected chi connectivity index (χ1v) is 5.99. The Labute approximate surface area is 108 Å². The zero-order valence-corrected chi connectivity index (χ0v) is 10.5. The number of hydrogen-bond donors (Lipinski definition) is 2. The molecule has 1 unspecified atom stereocenters. The molecule has 0 radical (unpaired) electrons. The second-order valence-electron chi connectivity index (χ2n) is 4.71. The fourth-order valence-electron chi connectivity index (χ4n) is 2.13. The van der Waals surface area contributed by atoms with Crippen molar-refractivity contribution >= 4 is 11.9 Å². The van der Waals surface area contributed by atoms with Crippen LogP contribution in [0.3, 0.4) is 0 Å². The molecule has 1 rings (SSSR count). The number of carboxylic acids is 1. The van der Waals surface area contributed by atoms with E-state index in [4.69, 9.17) is 5.11 Å². The van der Waals surface area contributed by atoms with Crippen molar-refractivity contribution in [3.63, 3.8) is 0 Å². The minimum absolute atomic E-state index is 0.0390. The standard InChI is InChI=1S/C11H17F3N2O3/c1-7(17)15-8-2-4-16(5-3-8)6-9(10(18)19)11(12,13)14/h8-9H,2-6H2,1H3,(H,15,17)(H,18,19). The second kappa shape index (κ2) is 6.23. The molecule has 2 N–H and O–H groups in total. The number of alkyl halides is 3. The highest BCUT2D eigenvalue weighted by Crippen LogP contribution is 2.28. The van der Waals surface area contributed by atoms with Crippen molar-refractivity contribution in [1.29, 1.82) is 0 Å². The van der Waals surface area contributed by atoms with Crippen LogP contribution < -0.4 is 5.32 Å². The van der Waals surface area contributed by atoms with E-state index in [1.54, 1.807) is 0 Å². The second-order valence-corrected chi connectivity index (χ2v) is 4.71. The van der Waals surface area contributed by atoms with E-state index >= 15 is 0 Å². The molecule has 1 heterocycles. The van der Waals surface area contributed by atoms with E-state index in [-0.39, 0.29) is 11.9 Å². The molecule has 0 bridgehead atoms. The third kappa shape index (κ3) is 5.06. The maximum Gasteiger partial charge on any atom is 0.403 e. The molecule has 19 heavy (non-hydrogen) atoms. The van der Waals surface area contributed by atoms with Gasteiger partial charge in [0.2, 0.25) is 5.91 Å². The van der Waals surface area contributed by atoms with E-state index in [0.717, 1.165) is 0 Å². The molecule has 0 saturated carbocycles. The van der Waals surface area contributed by atoms with Crippen molar-refractivity contribution in [2.45, 2.75) is 32.0 Å². The van der Waals surface area contributed by atoms with Crippen LogP contribution in [0.25, 0.3) is 0 Å². The quantitative estimate of drug-likeness (QED) is 0.802. The first-order chi connectivity index (χ1) is 8.70. The molecule has 110 valence electrons. The predicted molar refractivity (Wildman–Crippen MR) is 60.5 cm³/mol. The highest BCUT2D eigenvalue weighted by atomic mass is 19.4. The van der Waals surface area contributed by atoms with Crippen LogP contribution in [0.5, 0.6) is 0 Å². The first kappa shape index (κ1) is 15.7. The molecule has 0 aromatic rings. The number of carboxylic acid groups (broad SMARTS) is 1. The van der Waals surface area contributed by atoms with Crippen molar-refractivity contribution < 1.29 is 27.9 Å². The summed E-state index contributed by atoms with van der Waals surface area (Å²) in [5, 5.41) is 11.3. The number of nitrogens with one attached hydrogen (secondary N) is 1. The maximum atomic E-state index is 12.5. The zero-order valence-electron chi connectivity index (χ0n) is 10.5. The number of halogens is 3. The predicted octanol–water partition coefficient (Wildman–Crippen LogP) is 0.850. The molecule has 8 heteroatoms. The molecule has 1 fully saturated rings. The molecule has 5 nitrogen and oxygen atoms in total. The normalized spacial score (nSPS) is 20.0. The lowest BCUT2D eigenvalue weighted by Gasteiger charge is -2.33. The lowest BCUT2D eigenvalue weighted by atomic mass is 10.0. The Morgan fingerprint density at radius 1 is 1.37 bits per heavy atom. The fourth-order valence-corrected chi connectivity index (χ4v) is 2.13. The Morgan fingerprint density at radius 3 is 2.26 bits per heavy atom. The molecular formula is C11H17F3N2O3. The van der Waals surface area contributed by atoms with E-state index in [1.165, 1.54) is 11.8 Å². The van der Waals surface area contributed by atoms with Crippen molar-refractivity contribution in [2.24, 2.45) is 5.92 Å². The Hall–Kier alpha value is -1.31. The SMILES string of the molecule is CC(=O)NC1CCN(CC(C(=O)O)C(F)(F)F)CC1. The molecule has 1 aliphatic heterocycles. The van der Waals surface area contributed by atoms with Crippen LogP contribution >= 0.6 is 0 Å². The Bertz CT molecular complexity index is 339. The van der Waals surface area contributed by atoms with Crippen LogP contribution in [-0.2, 0) is 9.59 Å². The number of likely N-dealkylation sites (tertiary alicyclic amines) is 1. The number of amides is 1. The van der Waals surface area contributed by atoms with Gasteiger partial charge in [0.25, 0.3) is 0 Å². The third-order valence-corrected chi connectivity index (χ3v) is 3.13. The fraction of sp³-hybridized carbons (Fsp3) is 0.818. The molecule has 0 spiro atoms. The molecular weight excluding hydrogens is 265 g/mol. The summed E-state index contributed by atoms with van der Waals surface area (Å²) < 4.78 is 37.5. The largest absolute Gasteiger partial charge is 0.481 e. The summed E-state index contributed by atoms with van der Waals surface area (Å²) in [5.74, 6) is -4.38. The smallest absolute Gasteiger partial charge is 0.403 e. The lowest BCUT2D eigenvalue weighted by molar-refractivity contribution is -0.196. The van der Waals surface area contributed by atoms with E-state index in [9.17, 15) is 22.8 Å². The number of carbonyl (C=O) groups is 2. The summed E-state index contributed by atoms with van der Waals surface area (Å²) in [6, 6.07) is -0.0390. The minimum atomic E-state index is -4.74. The van der Waals surface area contributed by atoms with Crippen LogP contribution in [0.2, 0.25) is 0 Å².